The van der Waals surface area contributed by atoms with Crippen LogP contribution in [-0.2, 0) is 0 Å². The third-order valence-corrected chi connectivity index (χ3v) is 5.60. The summed E-state index contributed by atoms with van der Waals surface area (Å²) in [5.41, 5.74) is 3.32. The fourth-order valence-corrected chi connectivity index (χ4v) is 4.03. The van der Waals surface area contributed by atoms with Crippen molar-refractivity contribution in [2.75, 3.05) is 61.4 Å². The third kappa shape index (κ3) is 4.09. The minimum absolute atomic E-state index is 0.631. The van der Waals surface area contributed by atoms with E-state index in [-0.39, 0.29) is 0 Å². The quantitative estimate of drug-likeness (QED) is 0.803. The van der Waals surface area contributed by atoms with Gasteiger partial charge in [-0.15, -0.1) is 0 Å². The second-order valence-electron chi connectivity index (χ2n) is 7.04. The van der Waals surface area contributed by atoms with Crippen molar-refractivity contribution in [1.29, 1.82) is 0 Å². The molecule has 0 radical (unpaired) electrons. The second-order valence-corrected chi connectivity index (χ2v) is 8.06. The van der Waals surface area contributed by atoms with Gasteiger partial charge < -0.3 is 20.0 Å². The van der Waals surface area contributed by atoms with E-state index in [0.717, 1.165) is 60.8 Å². The summed E-state index contributed by atoms with van der Waals surface area (Å²) in [4.78, 5) is 16.3. The van der Waals surface area contributed by atoms with E-state index in [1.54, 1.807) is 0 Å². The van der Waals surface area contributed by atoms with Crippen LogP contribution in [0.4, 0.5) is 23.1 Å². The summed E-state index contributed by atoms with van der Waals surface area (Å²) in [5, 5.41) is 3.34. The topological polar surface area (TPSA) is 47.5 Å². The molecule has 2 aliphatic heterocycles. The van der Waals surface area contributed by atoms with Crippen LogP contribution in [0.25, 0.3) is 6.08 Å². The number of nitrogens with zero attached hydrogens (tertiary/aromatic N) is 5. The number of piperazine rings is 1. The van der Waals surface area contributed by atoms with E-state index in [2.05, 4.69) is 85.2 Å². The molecule has 0 unspecified atom stereocenters. The first-order valence-electron chi connectivity index (χ1n) is 9.41. The monoisotopic (exact) mass is 428 g/mol. The molecule has 1 aromatic heterocycles. The molecule has 0 bridgehead atoms. The highest BCUT2D eigenvalue weighted by Crippen LogP contribution is 2.30. The summed E-state index contributed by atoms with van der Waals surface area (Å²) >= 11 is 3.60. The van der Waals surface area contributed by atoms with Gasteiger partial charge in [0.15, 0.2) is 0 Å². The first-order valence-corrected chi connectivity index (χ1v) is 10.2. The summed E-state index contributed by atoms with van der Waals surface area (Å²) in [6.07, 6.45) is 3.97. The molecule has 0 saturated carbocycles. The van der Waals surface area contributed by atoms with Crippen LogP contribution in [0.1, 0.15) is 12.5 Å². The Labute approximate surface area is 169 Å². The maximum Gasteiger partial charge on any atom is 0.229 e. The number of rotatable bonds is 4. The number of benzene rings is 1. The van der Waals surface area contributed by atoms with Crippen LogP contribution in [0.15, 0.2) is 34.9 Å². The van der Waals surface area contributed by atoms with Gasteiger partial charge in [0.1, 0.15) is 5.82 Å². The van der Waals surface area contributed by atoms with Gasteiger partial charge >= 0.3 is 0 Å². The number of anilines is 4. The van der Waals surface area contributed by atoms with E-state index in [9.17, 15) is 0 Å². The zero-order valence-corrected chi connectivity index (χ0v) is 17.4. The molecule has 0 aliphatic carbocycles. The fraction of sp³-hybridized carbons (Fsp3) is 0.400. The number of fused-ring (bicyclic) bond motifs is 1. The number of aromatic nitrogens is 2. The van der Waals surface area contributed by atoms with Gasteiger partial charge in [-0.3, -0.25) is 0 Å². The van der Waals surface area contributed by atoms with E-state index in [4.69, 9.17) is 4.98 Å². The van der Waals surface area contributed by atoms with Crippen LogP contribution in [0.3, 0.4) is 0 Å². The molecule has 1 aromatic carbocycles. The Bertz CT molecular complexity index is 827. The molecule has 2 aromatic rings. The maximum atomic E-state index is 4.74. The molecule has 1 N–H and O–H groups in total. The van der Waals surface area contributed by atoms with Crippen LogP contribution in [0, 0.1) is 0 Å². The second kappa shape index (κ2) is 7.86. The highest BCUT2D eigenvalue weighted by atomic mass is 79.9. The van der Waals surface area contributed by atoms with Gasteiger partial charge in [0.25, 0.3) is 0 Å². The predicted octanol–water partition coefficient (Wildman–Crippen LogP) is 3.55. The summed E-state index contributed by atoms with van der Waals surface area (Å²) < 4.78 is 1.15. The van der Waals surface area contributed by atoms with Crippen LogP contribution >= 0.6 is 15.9 Å². The Morgan fingerprint density at radius 3 is 2.56 bits per heavy atom. The molecule has 142 valence electrons. The van der Waals surface area contributed by atoms with Crippen molar-refractivity contribution < 1.29 is 0 Å². The zero-order chi connectivity index (χ0) is 18.8. The largest absolute Gasteiger partial charge is 0.369 e. The van der Waals surface area contributed by atoms with E-state index >= 15 is 0 Å². The lowest BCUT2D eigenvalue weighted by atomic mass is 10.2. The van der Waals surface area contributed by atoms with E-state index in [1.807, 2.05) is 6.20 Å². The molecule has 6 nitrogen and oxygen atoms in total. The molecule has 1 fully saturated rings. The van der Waals surface area contributed by atoms with Crippen molar-refractivity contribution in [2.24, 2.45) is 0 Å². The van der Waals surface area contributed by atoms with Crippen molar-refractivity contribution in [2.45, 2.75) is 6.92 Å². The number of likely N-dealkylation sites (N-methyl/N-ethyl adjacent to an activating group) is 2. The molecule has 7 heteroatoms. The molecule has 1 saturated heterocycles. The van der Waals surface area contributed by atoms with Gasteiger partial charge in [-0.05, 0) is 44.3 Å². The van der Waals surface area contributed by atoms with Crippen molar-refractivity contribution in [3.8, 4) is 0 Å². The first kappa shape index (κ1) is 18.3. The SMILES string of the molecule is CCN1CC(Br)=Cc2cnc(Nc3ccc(N4CCN(C)CC4)cc3)nc21. The average Bonchev–Trinajstić information content (AvgIpc) is 2.69. The van der Waals surface area contributed by atoms with Crippen LogP contribution in [-0.4, -0.2) is 61.2 Å². The summed E-state index contributed by atoms with van der Waals surface area (Å²) in [6.45, 7) is 8.27. The zero-order valence-electron chi connectivity index (χ0n) is 15.8. The standard InChI is InChI=1S/C20H25BrN6/c1-3-26-14-16(21)12-15-13-22-20(24-19(15)26)23-17-4-6-18(7-5-17)27-10-8-25(2)9-11-27/h4-7,12-13H,3,8-11,14H2,1-2H3,(H,22,23,24). The van der Waals surface area contributed by atoms with E-state index < -0.39 is 0 Å². The smallest absolute Gasteiger partial charge is 0.229 e. The van der Waals surface area contributed by atoms with Crippen LogP contribution in [0.5, 0.6) is 0 Å². The van der Waals surface area contributed by atoms with Crippen molar-refractivity contribution in [1.82, 2.24) is 14.9 Å². The Morgan fingerprint density at radius 1 is 1.11 bits per heavy atom. The van der Waals surface area contributed by atoms with E-state index in [0.29, 0.717) is 5.95 Å². The molecule has 0 atom stereocenters. The van der Waals surface area contributed by atoms with Gasteiger partial charge in [-0.2, -0.15) is 4.98 Å². The van der Waals surface area contributed by atoms with Crippen LogP contribution in [0.2, 0.25) is 0 Å². The minimum atomic E-state index is 0.631. The maximum absolute atomic E-state index is 4.74. The minimum Gasteiger partial charge on any atom is -0.369 e. The van der Waals surface area contributed by atoms with Gasteiger partial charge in [0.2, 0.25) is 5.95 Å². The van der Waals surface area contributed by atoms with Crippen LogP contribution < -0.4 is 15.1 Å². The Kier molecular flexibility index (Phi) is 5.31. The van der Waals surface area contributed by atoms with Crippen molar-refractivity contribution in [3.05, 3.63) is 40.5 Å². The molecule has 2 aliphatic rings. The number of hydrogen-bond donors (Lipinski definition) is 1. The lowest BCUT2D eigenvalue weighted by Gasteiger charge is -2.34. The number of nitrogens with one attached hydrogen (secondary N) is 1. The summed E-state index contributed by atoms with van der Waals surface area (Å²) in [6, 6.07) is 8.55. The summed E-state index contributed by atoms with van der Waals surface area (Å²) in [7, 11) is 2.18. The third-order valence-electron chi connectivity index (χ3n) is 5.12. The van der Waals surface area contributed by atoms with E-state index in [1.165, 1.54) is 5.69 Å². The van der Waals surface area contributed by atoms with Gasteiger partial charge in [0, 0.05) is 60.3 Å². The lowest BCUT2D eigenvalue weighted by Crippen LogP contribution is -2.44. The average molecular weight is 429 g/mol. The molecule has 3 heterocycles. The molecule has 0 amide bonds. The molecular weight excluding hydrogens is 404 g/mol. The van der Waals surface area contributed by atoms with Gasteiger partial charge in [-0.25, -0.2) is 4.98 Å². The predicted molar refractivity (Wildman–Crippen MR) is 116 cm³/mol. The number of halogens is 1. The Morgan fingerprint density at radius 2 is 1.85 bits per heavy atom. The Hall–Kier alpha value is -2.12. The van der Waals surface area contributed by atoms with Gasteiger partial charge in [0.05, 0.1) is 6.54 Å². The normalized spacial score (nSPS) is 17.5. The molecule has 0 spiro atoms. The highest BCUT2D eigenvalue weighted by Gasteiger charge is 2.18. The molecular formula is C20H25BrN6. The Balaban J connectivity index is 1.48. The number of hydrogen-bond acceptors (Lipinski definition) is 6. The first-order chi connectivity index (χ1) is 13.1. The lowest BCUT2D eigenvalue weighted by molar-refractivity contribution is 0.313. The fourth-order valence-electron chi connectivity index (χ4n) is 3.48. The summed E-state index contributed by atoms with van der Waals surface area (Å²) in [5.74, 6) is 1.61. The highest BCUT2D eigenvalue weighted by molar-refractivity contribution is 9.11. The van der Waals surface area contributed by atoms with Crippen molar-refractivity contribution in [3.63, 3.8) is 0 Å². The molecule has 27 heavy (non-hydrogen) atoms. The van der Waals surface area contributed by atoms with Gasteiger partial charge in [-0.1, -0.05) is 15.9 Å². The van der Waals surface area contributed by atoms with Crippen molar-refractivity contribution >= 4 is 45.1 Å². The molecule has 4 rings (SSSR count).